The topological polar surface area (TPSA) is 84.9 Å². The fraction of sp³-hybridized carbons (Fsp3) is 0.679. The maximum atomic E-state index is 13.4. The van der Waals surface area contributed by atoms with E-state index in [0.717, 1.165) is 38.5 Å². The van der Waals surface area contributed by atoms with Crippen LogP contribution in [0.4, 0.5) is 0 Å². The summed E-state index contributed by atoms with van der Waals surface area (Å²) in [5.41, 5.74) is 0.413. The molecule has 0 aliphatic carbocycles. The summed E-state index contributed by atoms with van der Waals surface area (Å²) in [6, 6.07) is 6.21. The van der Waals surface area contributed by atoms with Crippen molar-refractivity contribution in [3.8, 4) is 5.75 Å². The molecule has 1 aromatic rings. The van der Waals surface area contributed by atoms with Crippen LogP contribution in [0, 0.1) is 0 Å². The number of benzene rings is 1. The predicted octanol–water partition coefficient (Wildman–Crippen LogP) is 5.27. The quantitative estimate of drug-likeness (QED) is 0.238. The van der Waals surface area contributed by atoms with Crippen LogP contribution in [0.1, 0.15) is 101 Å². The van der Waals surface area contributed by atoms with Gasteiger partial charge in [-0.05, 0) is 25.0 Å². The highest BCUT2D eigenvalue weighted by molar-refractivity contribution is 6.01. The van der Waals surface area contributed by atoms with Crippen molar-refractivity contribution in [3.05, 3.63) is 29.8 Å². The second-order valence-corrected chi connectivity index (χ2v) is 9.26. The Kier molecular flexibility index (Phi) is 13.9. The van der Waals surface area contributed by atoms with Crippen molar-refractivity contribution in [3.63, 3.8) is 0 Å². The summed E-state index contributed by atoms with van der Waals surface area (Å²) < 4.78 is 11.3. The van der Waals surface area contributed by atoms with E-state index in [9.17, 15) is 14.4 Å². The normalized spacial score (nSPS) is 15.5. The number of nitrogens with one attached hydrogen (secondary N) is 1. The first-order valence-electron chi connectivity index (χ1n) is 13.5. The minimum Gasteiger partial charge on any atom is -0.493 e. The molecule has 1 aliphatic rings. The molecular weight excluding hydrogens is 444 g/mol. The van der Waals surface area contributed by atoms with Crippen molar-refractivity contribution in [2.45, 2.75) is 96.9 Å². The number of esters is 1. The van der Waals surface area contributed by atoms with Crippen LogP contribution in [0.5, 0.6) is 5.75 Å². The highest BCUT2D eigenvalue weighted by atomic mass is 16.5. The van der Waals surface area contributed by atoms with E-state index in [4.69, 9.17) is 9.47 Å². The molecule has 1 aromatic carbocycles. The Morgan fingerprint density at radius 2 is 1.54 bits per heavy atom. The lowest BCUT2D eigenvalue weighted by atomic mass is 10.1. The first-order chi connectivity index (χ1) is 17.1. The minimum atomic E-state index is -0.879. The largest absolute Gasteiger partial charge is 0.493 e. The first kappa shape index (κ1) is 28.7. The summed E-state index contributed by atoms with van der Waals surface area (Å²) >= 11 is 0. The number of carbonyl (C=O) groups excluding carboxylic acids is 3. The Morgan fingerprint density at radius 1 is 0.914 bits per heavy atom. The molecule has 1 heterocycles. The molecule has 2 amide bonds. The minimum absolute atomic E-state index is 0.145. The third-order valence-electron chi connectivity index (χ3n) is 6.34. The van der Waals surface area contributed by atoms with Crippen LogP contribution in [0.25, 0.3) is 0 Å². The van der Waals surface area contributed by atoms with Gasteiger partial charge in [0.05, 0.1) is 25.2 Å². The number of ether oxygens (including phenoxy) is 2. The molecule has 0 aromatic heterocycles. The number of hydrogen-bond acceptors (Lipinski definition) is 5. The van der Waals surface area contributed by atoms with Gasteiger partial charge in [-0.3, -0.25) is 14.4 Å². The van der Waals surface area contributed by atoms with E-state index in [-0.39, 0.29) is 18.2 Å². The third-order valence-corrected chi connectivity index (χ3v) is 6.34. The van der Waals surface area contributed by atoms with Gasteiger partial charge in [0.1, 0.15) is 11.8 Å². The second kappa shape index (κ2) is 17.0. The van der Waals surface area contributed by atoms with E-state index < -0.39 is 12.0 Å². The van der Waals surface area contributed by atoms with E-state index in [0.29, 0.717) is 37.6 Å². The summed E-state index contributed by atoms with van der Waals surface area (Å²) in [6.07, 6.45) is 12.2. The van der Waals surface area contributed by atoms with Crippen LogP contribution in [0.2, 0.25) is 0 Å². The first-order valence-corrected chi connectivity index (χ1v) is 13.5. The Hall–Kier alpha value is -2.57. The molecule has 1 atom stereocenters. The number of rotatable bonds is 17. The summed E-state index contributed by atoms with van der Waals surface area (Å²) in [5.74, 6) is -0.561. The number of hydrogen-bond donors (Lipinski definition) is 1. The van der Waals surface area contributed by atoms with Gasteiger partial charge in [0.15, 0.2) is 0 Å². The molecule has 1 fully saturated rings. The molecule has 35 heavy (non-hydrogen) atoms. The SMILES string of the molecule is CCCCCCCCCCOC(=O)CC1C(=O)NCCN1C(=O)c1ccccc1OCCCCC. The lowest BCUT2D eigenvalue weighted by Gasteiger charge is -2.34. The van der Waals surface area contributed by atoms with Crippen molar-refractivity contribution in [2.24, 2.45) is 0 Å². The molecule has 2 rings (SSSR count). The average Bonchev–Trinajstić information content (AvgIpc) is 2.86. The van der Waals surface area contributed by atoms with Gasteiger partial charge in [0, 0.05) is 13.1 Å². The van der Waals surface area contributed by atoms with Crippen LogP contribution >= 0.6 is 0 Å². The molecule has 1 N–H and O–H groups in total. The molecule has 0 radical (unpaired) electrons. The molecule has 0 bridgehead atoms. The second-order valence-electron chi connectivity index (χ2n) is 9.26. The highest BCUT2D eigenvalue weighted by Gasteiger charge is 2.36. The molecule has 1 unspecified atom stereocenters. The Balaban J connectivity index is 1.86. The maximum absolute atomic E-state index is 13.4. The molecule has 7 nitrogen and oxygen atoms in total. The van der Waals surface area contributed by atoms with Crippen LogP contribution in [0.3, 0.4) is 0 Å². The zero-order valence-electron chi connectivity index (χ0n) is 21.7. The van der Waals surface area contributed by atoms with Crippen LogP contribution in [-0.4, -0.2) is 55.0 Å². The smallest absolute Gasteiger partial charge is 0.308 e. The Morgan fingerprint density at radius 3 is 2.29 bits per heavy atom. The molecule has 0 spiro atoms. The van der Waals surface area contributed by atoms with E-state index in [1.807, 2.05) is 6.07 Å². The Bertz CT molecular complexity index is 782. The molecule has 196 valence electrons. The van der Waals surface area contributed by atoms with E-state index in [2.05, 4.69) is 19.2 Å². The fourth-order valence-electron chi connectivity index (χ4n) is 4.26. The van der Waals surface area contributed by atoms with Crippen LogP contribution in [0.15, 0.2) is 24.3 Å². The van der Waals surface area contributed by atoms with Crippen molar-refractivity contribution in [1.29, 1.82) is 0 Å². The fourth-order valence-corrected chi connectivity index (χ4v) is 4.26. The maximum Gasteiger partial charge on any atom is 0.308 e. The van der Waals surface area contributed by atoms with Gasteiger partial charge in [0.2, 0.25) is 5.91 Å². The van der Waals surface area contributed by atoms with Crippen molar-refractivity contribution >= 4 is 17.8 Å². The molecular formula is C28H44N2O5. The van der Waals surface area contributed by atoms with Gasteiger partial charge in [-0.15, -0.1) is 0 Å². The molecule has 7 heteroatoms. The monoisotopic (exact) mass is 488 g/mol. The lowest BCUT2D eigenvalue weighted by molar-refractivity contribution is -0.147. The van der Waals surface area contributed by atoms with Gasteiger partial charge < -0.3 is 19.7 Å². The lowest BCUT2D eigenvalue weighted by Crippen LogP contribution is -2.57. The van der Waals surface area contributed by atoms with Gasteiger partial charge in [-0.25, -0.2) is 0 Å². The number of para-hydroxylation sites is 1. The van der Waals surface area contributed by atoms with Gasteiger partial charge >= 0.3 is 5.97 Å². The molecule has 0 saturated carbocycles. The van der Waals surface area contributed by atoms with Gasteiger partial charge in [-0.2, -0.15) is 0 Å². The van der Waals surface area contributed by atoms with Crippen molar-refractivity contribution in [1.82, 2.24) is 10.2 Å². The summed E-state index contributed by atoms with van der Waals surface area (Å²) in [5, 5.41) is 2.77. The van der Waals surface area contributed by atoms with Gasteiger partial charge in [-0.1, -0.05) is 83.8 Å². The number of amides is 2. The number of unbranched alkanes of at least 4 members (excludes halogenated alkanes) is 9. The van der Waals surface area contributed by atoms with E-state index in [1.165, 1.54) is 37.0 Å². The molecule has 1 saturated heterocycles. The number of nitrogens with zero attached hydrogens (tertiary/aromatic N) is 1. The van der Waals surface area contributed by atoms with Crippen molar-refractivity contribution in [2.75, 3.05) is 26.3 Å². The van der Waals surface area contributed by atoms with E-state index >= 15 is 0 Å². The highest BCUT2D eigenvalue weighted by Crippen LogP contribution is 2.23. The summed E-state index contributed by atoms with van der Waals surface area (Å²) in [7, 11) is 0. The summed E-state index contributed by atoms with van der Waals surface area (Å²) in [4.78, 5) is 39.9. The third kappa shape index (κ3) is 10.3. The zero-order chi connectivity index (χ0) is 25.3. The summed E-state index contributed by atoms with van der Waals surface area (Å²) in [6.45, 7) is 5.92. The Labute approximate surface area is 210 Å². The van der Waals surface area contributed by atoms with E-state index in [1.54, 1.807) is 18.2 Å². The average molecular weight is 489 g/mol. The van der Waals surface area contributed by atoms with Crippen LogP contribution < -0.4 is 10.1 Å². The predicted molar refractivity (Wildman–Crippen MR) is 137 cm³/mol. The van der Waals surface area contributed by atoms with Crippen LogP contribution in [-0.2, 0) is 14.3 Å². The number of carbonyl (C=O) groups is 3. The zero-order valence-corrected chi connectivity index (χ0v) is 21.7. The molecule has 1 aliphatic heterocycles. The van der Waals surface area contributed by atoms with Gasteiger partial charge in [0.25, 0.3) is 5.91 Å². The number of piperazine rings is 1. The van der Waals surface area contributed by atoms with Crippen molar-refractivity contribution < 1.29 is 23.9 Å². The standard InChI is InChI=1S/C28H44N2O5/c1-3-5-7-8-9-10-11-15-21-35-26(31)22-24-27(32)29-18-19-30(24)28(33)23-16-12-13-17-25(23)34-20-14-6-4-2/h12-13,16-17,24H,3-11,14-15,18-22H2,1-2H3,(H,29,32).